The van der Waals surface area contributed by atoms with Crippen molar-refractivity contribution in [3.63, 3.8) is 0 Å². The maximum atomic E-state index is 12.6. The van der Waals surface area contributed by atoms with Crippen LogP contribution in [0.5, 0.6) is 0 Å². The average molecular weight is 539 g/mol. The van der Waals surface area contributed by atoms with Crippen LogP contribution in [-0.2, 0) is 13.1 Å². The number of piperidine rings is 1. The molecule has 31 heavy (non-hydrogen) atoms. The Morgan fingerprint density at radius 3 is 2.48 bits per heavy atom. The fraction of sp³-hybridized carbons (Fsp3) is 0.522. The van der Waals surface area contributed by atoms with Gasteiger partial charge in [0.15, 0.2) is 11.7 Å². The summed E-state index contributed by atoms with van der Waals surface area (Å²) in [6, 6.07) is 9.75. The van der Waals surface area contributed by atoms with Gasteiger partial charge >= 0.3 is 0 Å². The Hall–Kier alpha value is -2.10. The molecule has 8 heteroatoms. The predicted octanol–water partition coefficient (Wildman–Crippen LogP) is 4.30. The lowest BCUT2D eigenvalue weighted by Gasteiger charge is -2.26. The van der Waals surface area contributed by atoms with Gasteiger partial charge < -0.3 is 20.1 Å². The largest absolute Gasteiger partial charge is 0.359 e. The van der Waals surface area contributed by atoms with Crippen LogP contribution in [0.15, 0.2) is 39.8 Å². The first kappa shape index (κ1) is 25.2. The normalized spacial score (nSPS) is 14.3. The molecule has 1 aromatic heterocycles. The van der Waals surface area contributed by atoms with Gasteiger partial charge in [0, 0.05) is 31.3 Å². The molecule has 0 saturated carbocycles. The van der Waals surface area contributed by atoms with Crippen molar-refractivity contribution in [1.29, 1.82) is 0 Å². The topological polar surface area (TPSA) is 82.8 Å². The van der Waals surface area contributed by atoms with Gasteiger partial charge in [0.25, 0.3) is 5.91 Å². The van der Waals surface area contributed by atoms with E-state index >= 15 is 0 Å². The fourth-order valence-corrected chi connectivity index (χ4v) is 3.40. The molecule has 2 N–H and O–H groups in total. The van der Waals surface area contributed by atoms with Crippen molar-refractivity contribution in [2.45, 2.75) is 59.0 Å². The van der Waals surface area contributed by atoms with Gasteiger partial charge in [-0.3, -0.25) is 4.79 Å². The van der Waals surface area contributed by atoms with Crippen molar-refractivity contribution in [1.82, 2.24) is 20.7 Å². The van der Waals surface area contributed by atoms with Crippen LogP contribution < -0.4 is 10.6 Å². The van der Waals surface area contributed by atoms with Crippen LogP contribution in [0.4, 0.5) is 0 Å². The number of carbonyl (C=O) groups is 1. The molecule has 2 aromatic rings. The number of benzene rings is 1. The first-order valence-corrected chi connectivity index (χ1v) is 10.9. The number of halogens is 1. The van der Waals surface area contributed by atoms with Gasteiger partial charge in [-0.25, -0.2) is 4.99 Å². The second kappa shape index (κ2) is 12.7. The van der Waals surface area contributed by atoms with Crippen LogP contribution in [0, 0.1) is 0 Å². The monoisotopic (exact) mass is 539 g/mol. The second-order valence-corrected chi connectivity index (χ2v) is 7.97. The van der Waals surface area contributed by atoms with Crippen LogP contribution in [0.25, 0.3) is 0 Å². The van der Waals surface area contributed by atoms with Gasteiger partial charge in [-0.1, -0.05) is 31.1 Å². The van der Waals surface area contributed by atoms with Gasteiger partial charge in [-0.15, -0.1) is 24.0 Å². The molecule has 0 aliphatic carbocycles. The maximum absolute atomic E-state index is 12.6. The molecule has 0 bridgehead atoms. The van der Waals surface area contributed by atoms with E-state index in [4.69, 9.17) is 4.52 Å². The summed E-state index contributed by atoms with van der Waals surface area (Å²) in [5.41, 5.74) is 2.76. The molecule has 3 rings (SSSR count). The number of likely N-dealkylation sites (tertiary alicyclic amines) is 1. The number of rotatable bonds is 7. The molecular weight excluding hydrogens is 505 g/mol. The first-order chi connectivity index (χ1) is 14.6. The molecule has 0 radical (unpaired) electrons. The van der Waals surface area contributed by atoms with Gasteiger partial charge in [-0.05, 0) is 49.8 Å². The molecule has 0 atom stereocenters. The SMILES string of the molecule is CCNC(=NCc1ccc(C(=O)N2CCCCC2)cc1)NCc1cc(C(C)C)no1.I. The minimum absolute atomic E-state index is 0. The minimum Gasteiger partial charge on any atom is -0.359 e. The first-order valence-electron chi connectivity index (χ1n) is 10.9. The van der Waals surface area contributed by atoms with Crippen molar-refractivity contribution in [3.8, 4) is 0 Å². The molecule has 0 spiro atoms. The van der Waals surface area contributed by atoms with Crippen molar-refractivity contribution >= 4 is 35.8 Å². The van der Waals surface area contributed by atoms with E-state index in [-0.39, 0.29) is 29.9 Å². The van der Waals surface area contributed by atoms with E-state index in [1.807, 2.05) is 42.2 Å². The highest BCUT2D eigenvalue weighted by Gasteiger charge is 2.17. The molecule has 1 aromatic carbocycles. The van der Waals surface area contributed by atoms with E-state index in [1.165, 1.54) is 6.42 Å². The Morgan fingerprint density at radius 1 is 1.16 bits per heavy atom. The third-order valence-corrected chi connectivity index (χ3v) is 5.21. The van der Waals surface area contributed by atoms with Crippen molar-refractivity contribution in [2.24, 2.45) is 4.99 Å². The molecule has 170 valence electrons. The Balaban J connectivity index is 0.00000341. The molecule has 2 heterocycles. The van der Waals surface area contributed by atoms with Crippen LogP contribution >= 0.6 is 24.0 Å². The lowest BCUT2D eigenvalue weighted by molar-refractivity contribution is 0.0724. The van der Waals surface area contributed by atoms with E-state index in [9.17, 15) is 4.79 Å². The third-order valence-electron chi connectivity index (χ3n) is 5.21. The number of aromatic nitrogens is 1. The highest BCUT2D eigenvalue weighted by atomic mass is 127. The number of nitrogens with one attached hydrogen (secondary N) is 2. The smallest absolute Gasteiger partial charge is 0.253 e. The Bertz CT molecular complexity index is 842. The van der Waals surface area contributed by atoms with Crippen LogP contribution in [-0.4, -0.2) is 41.6 Å². The van der Waals surface area contributed by atoms with Crippen molar-refractivity contribution in [2.75, 3.05) is 19.6 Å². The summed E-state index contributed by atoms with van der Waals surface area (Å²) in [5, 5.41) is 10.6. The lowest BCUT2D eigenvalue weighted by Crippen LogP contribution is -2.36. The molecule has 1 amide bonds. The zero-order valence-electron chi connectivity index (χ0n) is 18.7. The van der Waals surface area contributed by atoms with E-state index in [1.54, 1.807) is 0 Å². The van der Waals surface area contributed by atoms with Crippen molar-refractivity contribution < 1.29 is 9.32 Å². The standard InChI is InChI=1S/C23H33N5O2.HI/c1-4-24-23(26-16-20-14-21(17(2)3)27-30-20)25-15-18-8-10-19(11-9-18)22(29)28-12-6-5-7-13-28;/h8-11,14,17H,4-7,12-13,15-16H2,1-3H3,(H2,24,25,26);1H. The summed E-state index contributed by atoms with van der Waals surface area (Å²) in [6.45, 7) is 9.76. The Labute approximate surface area is 202 Å². The van der Waals surface area contributed by atoms with E-state index < -0.39 is 0 Å². The van der Waals surface area contributed by atoms with Crippen molar-refractivity contribution in [3.05, 3.63) is 52.9 Å². The summed E-state index contributed by atoms with van der Waals surface area (Å²) >= 11 is 0. The van der Waals surface area contributed by atoms with E-state index in [0.29, 0.717) is 25.0 Å². The zero-order chi connectivity index (χ0) is 21.3. The van der Waals surface area contributed by atoms with E-state index in [0.717, 1.165) is 55.1 Å². The quantitative estimate of drug-likeness (QED) is 0.312. The highest BCUT2D eigenvalue weighted by molar-refractivity contribution is 14.0. The van der Waals surface area contributed by atoms with Gasteiger partial charge in [-0.2, -0.15) is 0 Å². The molecule has 1 fully saturated rings. The average Bonchev–Trinajstić information content (AvgIpc) is 3.26. The number of guanidine groups is 1. The number of nitrogens with zero attached hydrogens (tertiary/aromatic N) is 3. The number of hydrogen-bond acceptors (Lipinski definition) is 4. The number of amides is 1. The van der Waals surface area contributed by atoms with Gasteiger partial charge in [0.1, 0.15) is 0 Å². The summed E-state index contributed by atoms with van der Waals surface area (Å²) in [4.78, 5) is 19.2. The summed E-state index contributed by atoms with van der Waals surface area (Å²) < 4.78 is 5.37. The maximum Gasteiger partial charge on any atom is 0.253 e. The summed E-state index contributed by atoms with van der Waals surface area (Å²) in [6.07, 6.45) is 3.43. The molecule has 1 aliphatic heterocycles. The lowest BCUT2D eigenvalue weighted by atomic mass is 10.1. The number of hydrogen-bond donors (Lipinski definition) is 2. The third kappa shape index (κ3) is 7.52. The highest BCUT2D eigenvalue weighted by Crippen LogP contribution is 2.15. The molecule has 7 nitrogen and oxygen atoms in total. The Morgan fingerprint density at radius 2 is 1.87 bits per heavy atom. The summed E-state index contributed by atoms with van der Waals surface area (Å²) in [5.74, 6) is 1.97. The minimum atomic E-state index is 0. The van der Waals surface area contributed by atoms with Crippen LogP contribution in [0.3, 0.4) is 0 Å². The van der Waals surface area contributed by atoms with Crippen LogP contribution in [0.2, 0.25) is 0 Å². The fourth-order valence-electron chi connectivity index (χ4n) is 3.40. The molecule has 1 aliphatic rings. The second-order valence-electron chi connectivity index (χ2n) is 7.97. The Kier molecular flexibility index (Phi) is 10.3. The number of aliphatic imine (C=N–C) groups is 1. The zero-order valence-corrected chi connectivity index (χ0v) is 21.0. The predicted molar refractivity (Wildman–Crippen MR) is 134 cm³/mol. The van der Waals surface area contributed by atoms with E-state index in [2.05, 4.69) is 34.6 Å². The van der Waals surface area contributed by atoms with Gasteiger partial charge in [0.05, 0.1) is 18.8 Å². The molecule has 1 saturated heterocycles. The molecular formula is C23H34IN5O2. The number of carbonyl (C=O) groups excluding carboxylic acids is 1. The summed E-state index contributed by atoms with van der Waals surface area (Å²) in [7, 11) is 0. The van der Waals surface area contributed by atoms with Crippen LogP contribution in [0.1, 0.15) is 73.3 Å². The molecule has 0 unspecified atom stereocenters. The van der Waals surface area contributed by atoms with Gasteiger partial charge in [0.2, 0.25) is 0 Å².